The molecule has 0 atom stereocenters. The summed E-state index contributed by atoms with van der Waals surface area (Å²) in [6.45, 7) is 4.30. The number of carbonyl (C=O) groups excluding carboxylic acids is 1. The quantitative estimate of drug-likeness (QED) is 0.494. The van der Waals surface area contributed by atoms with Crippen molar-refractivity contribution in [3.05, 3.63) is 19.2 Å². The van der Waals surface area contributed by atoms with Gasteiger partial charge in [-0.3, -0.25) is 0 Å². The molecule has 102 valence electrons. The van der Waals surface area contributed by atoms with Crippen molar-refractivity contribution in [2.75, 3.05) is 33.0 Å². The van der Waals surface area contributed by atoms with Crippen molar-refractivity contribution in [1.82, 2.24) is 0 Å². The van der Waals surface area contributed by atoms with Crippen LogP contribution in [0.2, 0.25) is 0 Å². The van der Waals surface area contributed by atoms with Gasteiger partial charge in [-0.15, -0.1) is 11.3 Å². The molecule has 0 aliphatic rings. The van der Waals surface area contributed by atoms with Gasteiger partial charge in [0.05, 0.1) is 33.0 Å². The van der Waals surface area contributed by atoms with E-state index >= 15 is 0 Å². The van der Waals surface area contributed by atoms with Gasteiger partial charge >= 0.3 is 5.97 Å². The maximum absolute atomic E-state index is 11.7. The van der Waals surface area contributed by atoms with Crippen LogP contribution in [0, 0.1) is 0 Å². The first-order valence-corrected chi connectivity index (χ1v) is 7.82. The maximum Gasteiger partial charge on any atom is 0.340 e. The molecule has 1 heterocycles. The molecule has 0 spiro atoms. The van der Waals surface area contributed by atoms with Gasteiger partial charge in [0.2, 0.25) is 0 Å². The van der Waals surface area contributed by atoms with Crippen LogP contribution in [0.4, 0.5) is 0 Å². The van der Waals surface area contributed by atoms with Crippen LogP contribution in [0.25, 0.3) is 0 Å². The Labute approximate surface area is 127 Å². The summed E-state index contributed by atoms with van der Waals surface area (Å²) in [6.07, 6.45) is 0. The molecule has 0 aliphatic carbocycles. The maximum atomic E-state index is 11.7. The fourth-order valence-corrected chi connectivity index (χ4v) is 3.88. The fraction of sp³-hybridized carbons (Fsp3) is 0.545. The van der Waals surface area contributed by atoms with Crippen molar-refractivity contribution in [2.24, 2.45) is 0 Å². The van der Waals surface area contributed by atoms with Crippen molar-refractivity contribution in [2.45, 2.75) is 6.92 Å². The number of hydrogen-bond donors (Lipinski definition) is 0. The molecule has 0 aliphatic heterocycles. The van der Waals surface area contributed by atoms with E-state index in [2.05, 4.69) is 31.9 Å². The van der Waals surface area contributed by atoms with E-state index in [1.807, 2.05) is 6.92 Å². The molecule has 1 aromatic rings. The number of thiophene rings is 1. The zero-order valence-electron chi connectivity index (χ0n) is 9.91. The van der Waals surface area contributed by atoms with Crippen LogP contribution in [-0.2, 0) is 14.2 Å². The smallest absolute Gasteiger partial charge is 0.340 e. The highest BCUT2D eigenvalue weighted by Gasteiger charge is 2.14. The van der Waals surface area contributed by atoms with Gasteiger partial charge in [-0.05, 0) is 44.8 Å². The molecule has 7 heteroatoms. The van der Waals surface area contributed by atoms with Crippen LogP contribution < -0.4 is 0 Å². The van der Waals surface area contributed by atoms with Crippen molar-refractivity contribution >= 4 is 49.2 Å². The summed E-state index contributed by atoms with van der Waals surface area (Å²) in [6, 6.07) is 1.73. The second-order valence-electron chi connectivity index (χ2n) is 3.18. The number of halogens is 2. The lowest BCUT2D eigenvalue weighted by Crippen LogP contribution is -2.12. The molecule has 0 amide bonds. The standard InChI is InChI=1S/C11H14Br2O4S/c1-2-15-3-4-16-5-6-17-11(14)8-7-9(12)18-10(8)13/h7H,2-6H2,1H3. The molecule has 18 heavy (non-hydrogen) atoms. The van der Waals surface area contributed by atoms with E-state index < -0.39 is 0 Å². The Morgan fingerprint density at radius 3 is 2.50 bits per heavy atom. The normalized spacial score (nSPS) is 10.6. The molecule has 0 unspecified atom stereocenters. The summed E-state index contributed by atoms with van der Waals surface area (Å²) in [7, 11) is 0. The van der Waals surface area contributed by atoms with Gasteiger partial charge in [-0.25, -0.2) is 4.79 Å². The van der Waals surface area contributed by atoms with E-state index in [1.54, 1.807) is 6.07 Å². The Hall–Kier alpha value is 0.0500. The van der Waals surface area contributed by atoms with Crippen LogP contribution in [0.15, 0.2) is 13.6 Å². The Morgan fingerprint density at radius 2 is 1.89 bits per heavy atom. The average Bonchev–Trinajstić information content (AvgIpc) is 2.67. The number of esters is 1. The van der Waals surface area contributed by atoms with Crippen LogP contribution in [-0.4, -0.2) is 39.0 Å². The summed E-state index contributed by atoms with van der Waals surface area (Å²) < 4.78 is 17.1. The summed E-state index contributed by atoms with van der Waals surface area (Å²) in [5.41, 5.74) is 0.529. The summed E-state index contributed by atoms with van der Waals surface area (Å²) in [5.74, 6) is -0.350. The number of carbonyl (C=O) groups is 1. The van der Waals surface area contributed by atoms with E-state index in [9.17, 15) is 4.79 Å². The van der Waals surface area contributed by atoms with E-state index in [0.29, 0.717) is 32.0 Å². The predicted molar refractivity (Wildman–Crippen MR) is 77.3 cm³/mol. The van der Waals surface area contributed by atoms with Gasteiger partial charge in [-0.2, -0.15) is 0 Å². The van der Waals surface area contributed by atoms with Crippen molar-refractivity contribution < 1.29 is 19.0 Å². The van der Waals surface area contributed by atoms with Gasteiger partial charge in [-0.1, -0.05) is 0 Å². The van der Waals surface area contributed by atoms with Gasteiger partial charge in [0.1, 0.15) is 6.61 Å². The fourth-order valence-electron chi connectivity index (χ4n) is 1.11. The first-order chi connectivity index (χ1) is 8.65. The highest BCUT2D eigenvalue weighted by atomic mass is 79.9. The summed E-state index contributed by atoms with van der Waals surface area (Å²) in [4.78, 5) is 11.7. The lowest BCUT2D eigenvalue weighted by Gasteiger charge is -2.05. The van der Waals surface area contributed by atoms with E-state index in [0.717, 1.165) is 7.57 Å². The molecule has 4 nitrogen and oxygen atoms in total. The third-order valence-electron chi connectivity index (χ3n) is 1.91. The molecule has 1 rings (SSSR count). The topological polar surface area (TPSA) is 44.8 Å². The largest absolute Gasteiger partial charge is 0.460 e. The minimum atomic E-state index is -0.350. The van der Waals surface area contributed by atoms with Crippen LogP contribution in [0.3, 0.4) is 0 Å². The second kappa shape index (κ2) is 9.03. The van der Waals surface area contributed by atoms with E-state index in [-0.39, 0.29) is 12.6 Å². The van der Waals surface area contributed by atoms with Crippen molar-refractivity contribution in [3.63, 3.8) is 0 Å². The van der Waals surface area contributed by atoms with E-state index in [1.165, 1.54) is 11.3 Å². The Bertz CT molecular complexity index is 381. The molecule has 0 aromatic carbocycles. The first kappa shape index (κ1) is 16.1. The molecule has 0 fully saturated rings. The highest BCUT2D eigenvalue weighted by Crippen LogP contribution is 2.32. The molecule has 0 saturated heterocycles. The van der Waals surface area contributed by atoms with Gasteiger partial charge in [0.25, 0.3) is 0 Å². The molecule has 1 aromatic heterocycles. The molecule has 0 radical (unpaired) electrons. The monoisotopic (exact) mass is 400 g/mol. The summed E-state index contributed by atoms with van der Waals surface area (Å²) in [5, 5.41) is 0. The Kier molecular flexibility index (Phi) is 8.08. The Morgan fingerprint density at radius 1 is 1.22 bits per heavy atom. The zero-order chi connectivity index (χ0) is 13.4. The van der Waals surface area contributed by atoms with Crippen molar-refractivity contribution in [1.29, 1.82) is 0 Å². The molecule has 0 saturated carbocycles. The number of hydrogen-bond acceptors (Lipinski definition) is 5. The molecule has 0 bridgehead atoms. The predicted octanol–water partition coefficient (Wildman–Crippen LogP) is 3.48. The minimum absolute atomic E-state index is 0.241. The van der Waals surface area contributed by atoms with Gasteiger partial charge < -0.3 is 14.2 Å². The third kappa shape index (κ3) is 5.79. The van der Waals surface area contributed by atoms with Gasteiger partial charge in [0, 0.05) is 6.61 Å². The van der Waals surface area contributed by atoms with Crippen LogP contribution in [0.5, 0.6) is 0 Å². The molecule has 0 N–H and O–H groups in total. The van der Waals surface area contributed by atoms with Crippen LogP contribution in [0.1, 0.15) is 17.3 Å². The second-order valence-corrected chi connectivity index (χ2v) is 6.93. The average molecular weight is 402 g/mol. The first-order valence-electron chi connectivity index (χ1n) is 5.42. The SMILES string of the molecule is CCOCCOCCOC(=O)c1cc(Br)sc1Br. The zero-order valence-corrected chi connectivity index (χ0v) is 13.9. The highest BCUT2D eigenvalue weighted by molar-refractivity contribution is 9.12. The lowest BCUT2D eigenvalue weighted by atomic mass is 10.3. The minimum Gasteiger partial charge on any atom is -0.460 e. The van der Waals surface area contributed by atoms with Gasteiger partial charge in [0.15, 0.2) is 0 Å². The van der Waals surface area contributed by atoms with E-state index in [4.69, 9.17) is 14.2 Å². The Balaban J connectivity index is 2.16. The summed E-state index contributed by atoms with van der Waals surface area (Å²) >= 11 is 8.05. The van der Waals surface area contributed by atoms with Crippen LogP contribution >= 0.6 is 43.2 Å². The number of rotatable bonds is 8. The van der Waals surface area contributed by atoms with Crippen molar-refractivity contribution in [3.8, 4) is 0 Å². The third-order valence-corrected chi connectivity index (χ3v) is 4.25. The molecular formula is C11H14Br2O4S. The number of ether oxygens (including phenoxy) is 3. The lowest BCUT2D eigenvalue weighted by molar-refractivity contribution is 0.0163. The molecular weight excluding hydrogens is 388 g/mol.